The monoisotopic (exact) mass is 224 g/mol. The lowest BCUT2D eigenvalue weighted by atomic mass is 10.2. The molecular formula is C11H16N2O3. The molecule has 1 amide bonds. The molecule has 0 aliphatic carbocycles. The van der Waals surface area contributed by atoms with Gasteiger partial charge in [-0.2, -0.15) is 0 Å². The van der Waals surface area contributed by atoms with Crippen molar-refractivity contribution < 1.29 is 14.3 Å². The number of nitrogen functional groups attached to an aromatic ring is 1. The number of anilines is 1. The summed E-state index contributed by atoms with van der Waals surface area (Å²) in [6.45, 7) is 0.877. The Balaban J connectivity index is 2.78. The van der Waals surface area contributed by atoms with E-state index in [0.717, 1.165) is 0 Å². The molecule has 0 saturated heterocycles. The Morgan fingerprint density at radius 2 is 2.19 bits per heavy atom. The van der Waals surface area contributed by atoms with E-state index in [0.29, 0.717) is 30.2 Å². The van der Waals surface area contributed by atoms with Crippen LogP contribution in [-0.4, -0.2) is 33.3 Å². The van der Waals surface area contributed by atoms with Crippen LogP contribution < -0.4 is 15.8 Å². The highest BCUT2D eigenvalue weighted by Crippen LogP contribution is 2.22. The summed E-state index contributed by atoms with van der Waals surface area (Å²) >= 11 is 0. The van der Waals surface area contributed by atoms with E-state index in [1.54, 1.807) is 32.4 Å². The number of carbonyl (C=O) groups is 1. The molecule has 5 nitrogen and oxygen atoms in total. The minimum atomic E-state index is -0.170. The number of amides is 1. The second-order valence-electron chi connectivity index (χ2n) is 3.17. The van der Waals surface area contributed by atoms with Crippen LogP contribution in [0, 0.1) is 0 Å². The quantitative estimate of drug-likeness (QED) is 0.569. The van der Waals surface area contributed by atoms with Gasteiger partial charge in [0.15, 0.2) is 0 Å². The predicted molar refractivity (Wildman–Crippen MR) is 61.6 cm³/mol. The Labute approximate surface area is 94.5 Å². The van der Waals surface area contributed by atoms with Crippen LogP contribution in [0.4, 0.5) is 5.69 Å². The van der Waals surface area contributed by atoms with Crippen molar-refractivity contribution in [3.05, 3.63) is 23.8 Å². The van der Waals surface area contributed by atoms with Crippen molar-refractivity contribution in [2.75, 3.05) is 33.1 Å². The average molecular weight is 224 g/mol. The van der Waals surface area contributed by atoms with E-state index < -0.39 is 0 Å². The summed E-state index contributed by atoms with van der Waals surface area (Å²) in [6, 6.07) is 4.91. The fourth-order valence-corrected chi connectivity index (χ4v) is 1.18. The van der Waals surface area contributed by atoms with E-state index in [4.69, 9.17) is 15.2 Å². The topological polar surface area (TPSA) is 73.6 Å². The number of nitrogens with two attached hydrogens (primary N) is 1. The fraction of sp³-hybridized carbons (Fsp3) is 0.364. The number of carbonyl (C=O) groups excluding carboxylic acids is 1. The third kappa shape index (κ3) is 3.13. The van der Waals surface area contributed by atoms with E-state index >= 15 is 0 Å². The maximum absolute atomic E-state index is 11.4. The third-order valence-corrected chi connectivity index (χ3v) is 2.05. The van der Waals surface area contributed by atoms with E-state index in [-0.39, 0.29) is 5.91 Å². The van der Waals surface area contributed by atoms with Crippen LogP contribution in [0.3, 0.4) is 0 Å². The van der Waals surface area contributed by atoms with Crippen molar-refractivity contribution in [2.45, 2.75) is 0 Å². The lowest BCUT2D eigenvalue weighted by Gasteiger charge is -2.09. The summed E-state index contributed by atoms with van der Waals surface area (Å²) in [6.07, 6.45) is 0. The summed E-state index contributed by atoms with van der Waals surface area (Å²) in [5.74, 6) is 0.328. The SMILES string of the molecule is CNC(=O)c1ccc(N)c(OCCOC)c1. The van der Waals surface area contributed by atoms with Gasteiger partial charge in [-0.25, -0.2) is 0 Å². The molecule has 16 heavy (non-hydrogen) atoms. The van der Waals surface area contributed by atoms with Crippen LogP contribution in [0.25, 0.3) is 0 Å². The van der Waals surface area contributed by atoms with Gasteiger partial charge in [0.25, 0.3) is 5.91 Å². The Morgan fingerprint density at radius 1 is 1.44 bits per heavy atom. The van der Waals surface area contributed by atoms with Crippen molar-refractivity contribution in [2.24, 2.45) is 0 Å². The van der Waals surface area contributed by atoms with Gasteiger partial charge in [0.1, 0.15) is 12.4 Å². The van der Waals surface area contributed by atoms with Gasteiger partial charge >= 0.3 is 0 Å². The molecule has 5 heteroatoms. The molecule has 1 rings (SSSR count). The molecule has 0 unspecified atom stereocenters. The van der Waals surface area contributed by atoms with Crippen molar-refractivity contribution >= 4 is 11.6 Å². The van der Waals surface area contributed by atoms with Gasteiger partial charge in [-0.05, 0) is 18.2 Å². The first-order valence-corrected chi connectivity index (χ1v) is 4.92. The lowest BCUT2D eigenvalue weighted by molar-refractivity contribution is 0.0962. The molecular weight excluding hydrogens is 208 g/mol. The van der Waals surface area contributed by atoms with Gasteiger partial charge in [-0.15, -0.1) is 0 Å². The zero-order valence-corrected chi connectivity index (χ0v) is 9.45. The Kier molecular flexibility index (Phi) is 4.60. The highest BCUT2D eigenvalue weighted by atomic mass is 16.5. The molecule has 0 aliphatic heterocycles. The minimum Gasteiger partial charge on any atom is -0.489 e. The first kappa shape index (κ1) is 12.3. The number of rotatable bonds is 5. The molecule has 0 radical (unpaired) electrons. The number of nitrogens with one attached hydrogen (secondary N) is 1. The fourth-order valence-electron chi connectivity index (χ4n) is 1.18. The lowest BCUT2D eigenvalue weighted by Crippen LogP contribution is -2.18. The van der Waals surface area contributed by atoms with Crippen molar-refractivity contribution in [3.63, 3.8) is 0 Å². The van der Waals surface area contributed by atoms with E-state index in [1.807, 2.05) is 0 Å². The summed E-state index contributed by atoms with van der Waals surface area (Å²) in [4.78, 5) is 11.4. The number of benzene rings is 1. The van der Waals surface area contributed by atoms with Crippen LogP contribution in [0.2, 0.25) is 0 Å². The molecule has 0 bridgehead atoms. The summed E-state index contributed by atoms with van der Waals surface area (Å²) in [7, 11) is 3.16. The number of hydrogen-bond donors (Lipinski definition) is 2. The molecule has 0 fully saturated rings. The van der Waals surface area contributed by atoms with E-state index in [2.05, 4.69) is 5.32 Å². The summed E-state index contributed by atoms with van der Waals surface area (Å²) in [5, 5.41) is 2.54. The first-order valence-electron chi connectivity index (χ1n) is 4.92. The summed E-state index contributed by atoms with van der Waals surface area (Å²) in [5.41, 5.74) is 6.74. The maximum Gasteiger partial charge on any atom is 0.251 e. The van der Waals surface area contributed by atoms with Gasteiger partial charge in [-0.1, -0.05) is 0 Å². The number of methoxy groups -OCH3 is 1. The van der Waals surface area contributed by atoms with Crippen molar-refractivity contribution in [1.82, 2.24) is 5.32 Å². The zero-order chi connectivity index (χ0) is 12.0. The second-order valence-corrected chi connectivity index (χ2v) is 3.17. The summed E-state index contributed by atoms with van der Waals surface area (Å²) < 4.78 is 10.2. The number of hydrogen-bond acceptors (Lipinski definition) is 4. The van der Waals surface area contributed by atoms with Crippen LogP contribution in [-0.2, 0) is 4.74 Å². The second kappa shape index (κ2) is 5.97. The molecule has 0 spiro atoms. The highest BCUT2D eigenvalue weighted by Gasteiger charge is 2.07. The van der Waals surface area contributed by atoms with Crippen LogP contribution in [0.1, 0.15) is 10.4 Å². The third-order valence-electron chi connectivity index (χ3n) is 2.05. The molecule has 3 N–H and O–H groups in total. The zero-order valence-electron chi connectivity index (χ0n) is 9.45. The minimum absolute atomic E-state index is 0.170. The largest absolute Gasteiger partial charge is 0.489 e. The normalized spacial score (nSPS) is 9.88. The van der Waals surface area contributed by atoms with E-state index in [9.17, 15) is 4.79 Å². The molecule has 1 aromatic rings. The van der Waals surface area contributed by atoms with Crippen LogP contribution >= 0.6 is 0 Å². The van der Waals surface area contributed by atoms with E-state index in [1.165, 1.54) is 0 Å². The molecule has 0 heterocycles. The molecule has 0 aliphatic rings. The highest BCUT2D eigenvalue weighted by molar-refractivity contribution is 5.95. The van der Waals surface area contributed by atoms with Gasteiger partial charge in [0.2, 0.25) is 0 Å². The van der Waals surface area contributed by atoms with Gasteiger partial charge < -0.3 is 20.5 Å². The van der Waals surface area contributed by atoms with Crippen LogP contribution in [0.5, 0.6) is 5.75 Å². The first-order chi connectivity index (χ1) is 7.69. The maximum atomic E-state index is 11.4. The smallest absolute Gasteiger partial charge is 0.251 e. The van der Waals surface area contributed by atoms with Gasteiger partial charge in [0.05, 0.1) is 12.3 Å². The molecule has 0 saturated carbocycles. The van der Waals surface area contributed by atoms with Crippen molar-refractivity contribution in [1.29, 1.82) is 0 Å². The number of ether oxygens (including phenoxy) is 2. The average Bonchev–Trinajstić information content (AvgIpc) is 2.31. The van der Waals surface area contributed by atoms with Crippen molar-refractivity contribution in [3.8, 4) is 5.75 Å². The van der Waals surface area contributed by atoms with Gasteiger partial charge in [0, 0.05) is 19.7 Å². The van der Waals surface area contributed by atoms with Gasteiger partial charge in [-0.3, -0.25) is 4.79 Å². The Hall–Kier alpha value is -1.75. The predicted octanol–water partition coefficient (Wildman–Crippen LogP) is 0.654. The molecule has 0 atom stereocenters. The molecule has 0 aromatic heterocycles. The Morgan fingerprint density at radius 3 is 2.81 bits per heavy atom. The molecule has 88 valence electrons. The molecule has 1 aromatic carbocycles. The standard InChI is InChI=1S/C11H16N2O3/c1-13-11(14)8-3-4-9(12)10(7-8)16-6-5-15-2/h3-4,7H,5-6,12H2,1-2H3,(H,13,14). The van der Waals surface area contributed by atoms with Crippen LogP contribution in [0.15, 0.2) is 18.2 Å². The Bertz CT molecular complexity index is 366.